The first-order chi connectivity index (χ1) is 6.86. The Hall–Kier alpha value is -1.57. The van der Waals surface area contributed by atoms with Gasteiger partial charge in [0.1, 0.15) is 5.84 Å². The van der Waals surface area contributed by atoms with Gasteiger partial charge < -0.3 is 4.90 Å². The van der Waals surface area contributed by atoms with Crippen molar-refractivity contribution < 1.29 is 0 Å². The lowest BCUT2D eigenvalue weighted by Crippen LogP contribution is -2.20. The Kier molecular flexibility index (Phi) is 2.63. The molecule has 0 aromatic heterocycles. The number of hydrogen-bond donors (Lipinski definition) is 0. The normalized spacial score (nSPS) is 16.4. The van der Waals surface area contributed by atoms with E-state index in [9.17, 15) is 0 Å². The molecule has 0 saturated carbocycles. The third-order valence-corrected chi connectivity index (χ3v) is 2.32. The fraction of sp³-hybridized carbons (Fsp3) is 0.250. The number of nitrogens with zero attached hydrogens (tertiary/aromatic N) is 2. The summed E-state index contributed by atoms with van der Waals surface area (Å²) in [7, 11) is 2.07. The first-order valence-electron chi connectivity index (χ1n) is 4.85. The van der Waals surface area contributed by atoms with E-state index in [0.717, 1.165) is 18.9 Å². The summed E-state index contributed by atoms with van der Waals surface area (Å²) < 4.78 is 0. The van der Waals surface area contributed by atoms with Crippen LogP contribution in [0.2, 0.25) is 0 Å². The molecule has 14 heavy (non-hydrogen) atoms. The predicted molar refractivity (Wildman–Crippen MR) is 60.4 cm³/mol. The van der Waals surface area contributed by atoms with E-state index in [2.05, 4.69) is 41.2 Å². The molecule has 1 aliphatic rings. The number of hydrogen-bond acceptors (Lipinski definition) is 2. The summed E-state index contributed by atoms with van der Waals surface area (Å²) in [5.41, 5.74) is 1.22. The van der Waals surface area contributed by atoms with Gasteiger partial charge in [0.2, 0.25) is 0 Å². The minimum atomic E-state index is 0.922. The van der Waals surface area contributed by atoms with Gasteiger partial charge in [-0.05, 0) is 11.6 Å². The van der Waals surface area contributed by atoms with Crippen molar-refractivity contribution in [1.82, 2.24) is 4.90 Å². The summed E-state index contributed by atoms with van der Waals surface area (Å²) >= 11 is 0. The Labute approximate surface area is 84.6 Å². The molecular weight excluding hydrogens is 172 g/mol. The van der Waals surface area contributed by atoms with Crippen LogP contribution >= 0.6 is 0 Å². The lowest BCUT2D eigenvalue weighted by molar-refractivity contribution is 0.558. The first-order valence-corrected chi connectivity index (χ1v) is 4.85. The molecule has 0 spiro atoms. The third-order valence-electron chi connectivity index (χ3n) is 2.32. The van der Waals surface area contributed by atoms with Gasteiger partial charge in [0.15, 0.2) is 0 Å². The molecule has 2 heteroatoms. The molecule has 0 bridgehead atoms. The maximum atomic E-state index is 4.39. The molecule has 1 aromatic carbocycles. The van der Waals surface area contributed by atoms with Crippen LogP contribution < -0.4 is 0 Å². The molecule has 0 amide bonds. The van der Waals surface area contributed by atoms with E-state index in [4.69, 9.17) is 0 Å². The van der Waals surface area contributed by atoms with Crippen LogP contribution in [0.15, 0.2) is 41.4 Å². The van der Waals surface area contributed by atoms with Crippen molar-refractivity contribution in [1.29, 1.82) is 0 Å². The molecule has 0 saturated heterocycles. The van der Waals surface area contributed by atoms with Crippen LogP contribution in [-0.4, -0.2) is 30.9 Å². The van der Waals surface area contributed by atoms with Gasteiger partial charge >= 0.3 is 0 Å². The van der Waals surface area contributed by atoms with Gasteiger partial charge in [0.05, 0.1) is 6.54 Å². The topological polar surface area (TPSA) is 15.6 Å². The molecule has 0 N–H and O–H groups in total. The molecule has 1 heterocycles. The molecule has 2 rings (SSSR count). The van der Waals surface area contributed by atoms with Gasteiger partial charge in [0, 0.05) is 13.6 Å². The number of rotatable bonds is 2. The van der Waals surface area contributed by atoms with Crippen molar-refractivity contribution in [2.45, 2.75) is 0 Å². The van der Waals surface area contributed by atoms with Crippen LogP contribution in [0.3, 0.4) is 0 Å². The highest BCUT2D eigenvalue weighted by atomic mass is 15.2. The highest BCUT2D eigenvalue weighted by molar-refractivity contribution is 5.97. The van der Waals surface area contributed by atoms with Crippen molar-refractivity contribution in [3.05, 3.63) is 42.0 Å². The average molecular weight is 186 g/mol. The Morgan fingerprint density at radius 2 is 2.00 bits per heavy atom. The van der Waals surface area contributed by atoms with E-state index in [1.54, 1.807) is 0 Å². The van der Waals surface area contributed by atoms with Crippen LogP contribution in [0.1, 0.15) is 5.56 Å². The fourth-order valence-electron chi connectivity index (χ4n) is 1.46. The van der Waals surface area contributed by atoms with Crippen molar-refractivity contribution in [2.75, 3.05) is 20.1 Å². The Bertz CT molecular complexity index is 352. The van der Waals surface area contributed by atoms with E-state index >= 15 is 0 Å². The molecule has 0 fully saturated rings. The van der Waals surface area contributed by atoms with E-state index in [-0.39, 0.29) is 0 Å². The molecule has 0 unspecified atom stereocenters. The smallest absolute Gasteiger partial charge is 0.123 e. The van der Waals surface area contributed by atoms with E-state index < -0.39 is 0 Å². The number of benzene rings is 1. The molecule has 72 valence electrons. The van der Waals surface area contributed by atoms with Gasteiger partial charge in [-0.25, -0.2) is 0 Å². The molecule has 0 atom stereocenters. The van der Waals surface area contributed by atoms with Gasteiger partial charge in [-0.2, -0.15) is 0 Å². The molecule has 1 aromatic rings. The number of aliphatic imine (C=N–C) groups is 1. The molecule has 0 aliphatic carbocycles. The van der Waals surface area contributed by atoms with E-state index in [0.29, 0.717) is 0 Å². The zero-order valence-electron chi connectivity index (χ0n) is 8.35. The van der Waals surface area contributed by atoms with Crippen molar-refractivity contribution in [3.8, 4) is 0 Å². The van der Waals surface area contributed by atoms with Crippen LogP contribution in [0, 0.1) is 0 Å². The fourth-order valence-corrected chi connectivity index (χ4v) is 1.46. The third kappa shape index (κ3) is 2.02. The summed E-state index contributed by atoms with van der Waals surface area (Å²) in [5.74, 6) is 1.08. The van der Waals surface area contributed by atoms with Crippen molar-refractivity contribution >= 4 is 11.9 Å². The summed E-state index contributed by atoms with van der Waals surface area (Å²) in [6, 6.07) is 10.3. The Morgan fingerprint density at radius 1 is 1.21 bits per heavy atom. The summed E-state index contributed by atoms with van der Waals surface area (Å²) in [5, 5.41) is 0. The second-order valence-electron chi connectivity index (χ2n) is 3.41. The lowest BCUT2D eigenvalue weighted by atomic mass is 10.2. The maximum absolute atomic E-state index is 4.39. The molecule has 1 aliphatic heterocycles. The predicted octanol–water partition coefficient (Wildman–Crippen LogP) is 2.04. The highest BCUT2D eigenvalue weighted by Gasteiger charge is 2.07. The standard InChI is InChI=1S/C12H14N2/c1-14-10-9-13-12(14)8-7-11-5-3-2-4-6-11/h2-8H,9-10H2,1H3/b8-7+. The summed E-state index contributed by atoms with van der Waals surface area (Å²) in [6.45, 7) is 1.96. The number of likely N-dealkylation sites (N-methyl/N-ethyl adjacent to an activating group) is 1. The Balaban J connectivity index is 2.08. The van der Waals surface area contributed by atoms with Gasteiger partial charge in [0.25, 0.3) is 0 Å². The SMILES string of the molecule is CN1CCN=C1/C=C/c1ccccc1. The largest absolute Gasteiger partial charge is 0.358 e. The van der Waals surface area contributed by atoms with E-state index in [1.165, 1.54) is 5.56 Å². The van der Waals surface area contributed by atoms with Gasteiger partial charge in [-0.3, -0.25) is 4.99 Å². The van der Waals surface area contributed by atoms with Crippen LogP contribution in [0.4, 0.5) is 0 Å². The maximum Gasteiger partial charge on any atom is 0.123 e. The van der Waals surface area contributed by atoms with E-state index in [1.807, 2.05) is 18.2 Å². The minimum absolute atomic E-state index is 0.922. The highest BCUT2D eigenvalue weighted by Crippen LogP contribution is 2.04. The van der Waals surface area contributed by atoms with Crippen molar-refractivity contribution in [2.24, 2.45) is 4.99 Å². The lowest BCUT2D eigenvalue weighted by Gasteiger charge is -2.09. The van der Waals surface area contributed by atoms with Gasteiger partial charge in [-0.15, -0.1) is 0 Å². The number of amidine groups is 1. The minimum Gasteiger partial charge on any atom is -0.358 e. The van der Waals surface area contributed by atoms with Crippen LogP contribution in [-0.2, 0) is 0 Å². The Morgan fingerprint density at radius 3 is 2.64 bits per heavy atom. The summed E-state index contributed by atoms with van der Waals surface area (Å²) in [6.07, 6.45) is 4.17. The first kappa shape index (κ1) is 9.00. The van der Waals surface area contributed by atoms with Gasteiger partial charge in [-0.1, -0.05) is 36.4 Å². The quantitative estimate of drug-likeness (QED) is 0.690. The summed E-state index contributed by atoms with van der Waals surface area (Å²) in [4.78, 5) is 6.55. The molecule has 0 radical (unpaired) electrons. The zero-order valence-corrected chi connectivity index (χ0v) is 8.35. The second-order valence-corrected chi connectivity index (χ2v) is 3.41. The average Bonchev–Trinajstić information content (AvgIpc) is 2.63. The van der Waals surface area contributed by atoms with Crippen LogP contribution in [0.25, 0.3) is 6.08 Å². The van der Waals surface area contributed by atoms with Crippen LogP contribution in [0.5, 0.6) is 0 Å². The second kappa shape index (κ2) is 4.09. The van der Waals surface area contributed by atoms with Crippen molar-refractivity contribution in [3.63, 3.8) is 0 Å². The molecular formula is C12H14N2. The zero-order chi connectivity index (χ0) is 9.80. The monoisotopic (exact) mass is 186 g/mol. The molecule has 2 nitrogen and oxygen atoms in total.